The highest BCUT2D eigenvalue weighted by Gasteiger charge is 2.19. The number of ether oxygens (including phenoxy) is 3. The van der Waals surface area contributed by atoms with E-state index < -0.39 is 6.10 Å². The van der Waals surface area contributed by atoms with Crippen molar-refractivity contribution >= 4 is 17.9 Å². The lowest BCUT2D eigenvalue weighted by Gasteiger charge is -2.18. The van der Waals surface area contributed by atoms with Crippen LogP contribution in [0.5, 0.6) is 0 Å². The van der Waals surface area contributed by atoms with Crippen LogP contribution in [-0.2, 0) is 28.6 Å². The fourth-order valence-electron chi connectivity index (χ4n) is 10.4. The van der Waals surface area contributed by atoms with Gasteiger partial charge in [-0.25, -0.2) is 0 Å². The Bertz CT molecular complexity index is 1290. The first kappa shape index (κ1) is 74.6. The van der Waals surface area contributed by atoms with Crippen LogP contribution in [0.15, 0.2) is 36.5 Å². The lowest BCUT2D eigenvalue weighted by atomic mass is 10.0. The van der Waals surface area contributed by atoms with Crippen molar-refractivity contribution in [2.45, 2.75) is 386 Å². The van der Waals surface area contributed by atoms with E-state index in [1.54, 1.807) is 0 Å². The Morgan fingerprint density at radius 3 is 0.753 bits per heavy atom. The second-order valence-electron chi connectivity index (χ2n) is 23.4. The predicted molar refractivity (Wildman–Crippen MR) is 335 cm³/mol. The minimum atomic E-state index is -0.773. The minimum absolute atomic E-state index is 0.0696. The molecule has 0 aromatic rings. The molecule has 6 heteroatoms. The van der Waals surface area contributed by atoms with Crippen molar-refractivity contribution in [3.05, 3.63) is 36.5 Å². The Kier molecular flexibility index (Phi) is 64.1. The van der Waals surface area contributed by atoms with Crippen LogP contribution >= 0.6 is 0 Å². The summed E-state index contributed by atoms with van der Waals surface area (Å²) >= 11 is 0. The molecule has 1 unspecified atom stereocenters. The second kappa shape index (κ2) is 66.1. The summed E-state index contributed by atoms with van der Waals surface area (Å²) < 4.78 is 17.0. The Morgan fingerprint density at radius 1 is 0.260 bits per heavy atom. The van der Waals surface area contributed by atoms with Gasteiger partial charge in [0, 0.05) is 19.3 Å². The average molecular weight is 1080 g/mol. The van der Waals surface area contributed by atoms with Crippen LogP contribution < -0.4 is 0 Å². The Morgan fingerprint density at radius 2 is 0.468 bits per heavy atom. The summed E-state index contributed by atoms with van der Waals surface area (Å²) in [5, 5.41) is 0. The van der Waals surface area contributed by atoms with Crippen LogP contribution in [0.4, 0.5) is 0 Å². The molecular weight excluding hydrogens is 949 g/mol. The van der Waals surface area contributed by atoms with Gasteiger partial charge in [0.1, 0.15) is 13.2 Å². The van der Waals surface area contributed by atoms with Crippen LogP contribution in [0, 0.1) is 0 Å². The van der Waals surface area contributed by atoms with Gasteiger partial charge in [-0.2, -0.15) is 0 Å². The van der Waals surface area contributed by atoms with Crippen molar-refractivity contribution < 1.29 is 28.6 Å². The SMILES string of the molecule is CCCCC/C=C\CCCCCCCC(=O)OCC(COC(=O)CCCCCCCCCCCCCCCCC/C=C\C/C=C\CCCCCCC)OC(=O)CCCCCCCCCCCCCCCCCCCCCC. The van der Waals surface area contributed by atoms with Gasteiger partial charge in [0.2, 0.25) is 0 Å². The molecule has 77 heavy (non-hydrogen) atoms. The van der Waals surface area contributed by atoms with E-state index in [-0.39, 0.29) is 31.1 Å². The summed E-state index contributed by atoms with van der Waals surface area (Å²) in [6.45, 7) is 6.67. The number of rotatable bonds is 64. The van der Waals surface area contributed by atoms with E-state index in [0.717, 1.165) is 70.6 Å². The minimum Gasteiger partial charge on any atom is -0.462 e. The molecule has 0 aliphatic heterocycles. The van der Waals surface area contributed by atoms with Crippen molar-refractivity contribution in [1.29, 1.82) is 0 Å². The highest BCUT2D eigenvalue weighted by Crippen LogP contribution is 2.18. The topological polar surface area (TPSA) is 78.9 Å². The highest BCUT2D eigenvalue weighted by atomic mass is 16.6. The zero-order valence-corrected chi connectivity index (χ0v) is 52.0. The number of carbonyl (C=O) groups excluding carboxylic acids is 3. The molecule has 0 aromatic heterocycles. The molecule has 0 saturated carbocycles. The van der Waals surface area contributed by atoms with E-state index >= 15 is 0 Å². The van der Waals surface area contributed by atoms with E-state index in [1.165, 1.54) is 270 Å². The molecule has 1 atom stereocenters. The molecule has 0 N–H and O–H groups in total. The van der Waals surface area contributed by atoms with Gasteiger partial charge in [-0.05, 0) is 77.0 Å². The molecule has 0 heterocycles. The Labute approximate surface area is 480 Å². The number of hydrogen-bond donors (Lipinski definition) is 0. The first-order valence-corrected chi connectivity index (χ1v) is 34.5. The predicted octanol–water partition coefficient (Wildman–Crippen LogP) is 23.6. The van der Waals surface area contributed by atoms with Crippen LogP contribution in [0.2, 0.25) is 0 Å². The maximum atomic E-state index is 12.9. The molecule has 0 fully saturated rings. The van der Waals surface area contributed by atoms with E-state index in [4.69, 9.17) is 14.2 Å². The number of carbonyl (C=O) groups is 3. The molecule has 0 aromatic carbocycles. The molecule has 452 valence electrons. The maximum Gasteiger partial charge on any atom is 0.306 e. The molecule has 0 aliphatic rings. The van der Waals surface area contributed by atoms with Gasteiger partial charge in [0.15, 0.2) is 6.10 Å². The summed E-state index contributed by atoms with van der Waals surface area (Å²) in [5.41, 5.74) is 0. The monoisotopic (exact) mass is 1080 g/mol. The summed E-state index contributed by atoms with van der Waals surface area (Å²) in [6, 6.07) is 0. The summed E-state index contributed by atoms with van der Waals surface area (Å²) in [6.07, 6.45) is 81.7. The standard InChI is InChI=1S/C71H132O6/c1-4-7-10-13-16-19-22-25-27-29-31-33-34-35-36-37-38-39-41-42-44-46-49-52-55-58-61-64-70(73)76-67-68(66-75-69(72)63-60-57-54-51-48-24-21-18-15-12-9-6-3)77-71(74)65-62-59-56-53-50-47-45-43-40-32-30-28-26-23-20-17-14-11-8-5-2/h18,21-22,25,29,31,68H,4-17,19-20,23-24,26-28,30,32-67H2,1-3H3/b21-18-,25-22-,31-29-. The molecule has 0 aliphatic carbocycles. The third kappa shape index (κ3) is 64.3. The Hall–Kier alpha value is -2.37. The number of allylic oxidation sites excluding steroid dienone is 6. The summed E-state index contributed by atoms with van der Waals surface area (Å²) in [4.78, 5) is 38.3. The smallest absolute Gasteiger partial charge is 0.306 e. The zero-order chi connectivity index (χ0) is 55.7. The fraction of sp³-hybridized carbons (Fsp3) is 0.873. The fourth-order valence-corrected chi connectivity index (χ4v) is 10.4. The van der Waals surface area contributed by atoms with Gasteiger partial charge in [0.25, 0.3) is 0 Å². The highest BCUT2D eigenvalue weighted by molar-refractivity contribution is 5.71. The van der Waals surface area contributed by atoms with Crippen molar-refractivity contribution in [2.75, 3.05) is 13.2 Å². The molecule has 0 bridgehead atoms. The summed E-state index contributed by atoms with van der Waals surface area (Å²) in [7, 11) is 0. The number of esters is 3. The molecule has 0 rings (SSSR count). The van der Waals surface area contributed by atoms with E-state index in [0.29, 0.717) is 19.3 Å². The van der Waals surface area contributed by atoms with Crippen molar-refractivity contribution in [1.82, 2.24) is 0 Å². The molecule has 0 spiro atoms. The van der Waals surface area contributed by atoms with E-state index in [1.807, 2.05) is 0 Å². The lowest BCUT2D eigenvalue weighted by Crippen LogP contribution is -2.30. The summed E-state index contributed by atoms with van der Waals surface area (Å²) in [5.74, 6) is -0.852. The zero-order valence-electron chi connectivity index (χ0n) is 52.0. The van der Waals surface area contributed by atoms with Gasteiger partial charge in [0.05, 0.1) is 0 Å². The molecule has 0 amide bonds. The third-order valence-corrected chi connectivity index (χ3v) is 15.6. The van der Waals surface area contributed by atoms with Gasteiger partial charge < -0.3 is 14.2 Å². The first-order chi connectivity index (χ1) is 38.0. The van der Waals surface area contributed by atoms with Crippen molar-refractivity contribution in [3.63, 3.8) is 0 Å². The first-order valence-electron chi connectivity index (χ1n) is 34.5. The van der Waals surface area contributed by atoms with Gasteiger partial charge in [-0.3, -0.25) is 14.4 Å². The maximum absolute atomic E-state index is 12.9. The Balaban J connectivity index is 4.20. The van der Waals surface area contributed by atoms with Crippen molar-refractivity contribution in [3.8, 4) is 0 Å². The van der Waals surface area contributed by atoms with E-state index in [9.17, 15) is 14.4 Å². The lowest BCUT2D eigenvalue weighted by molar-refractivity contribution is -0.167. The molecular formula is C71H132O6. The van der Waals surface area contributed by atoms with Crippen LogP contribution in [0.3, 0.4) is 0 Å². The normalized spacial score (nSPS) is 12.2. The molecule has 6 nitrogen and oxygen atoms in total. The van der Waals surface area contributed by atoms with Gasteiger partial charge in [-0.15, -0.1) is 0 Å². The van der Waals surface area contributed by atoms with Crippen LogP contribution in [0.1, 0.15) is 380 Å². The quantitative estimate of drug-likeness (QED) is 0.0261. The van der Waals surface area contributed by atoms with Crippen LogP contribution in [0.25, 0.3) is 0 Å². The number of hydrogen-bond acceptors (Lipinski definition) is 6. The number of unbranched alkanes of at least 4 members (excludes halogenated alkanes) is 47. The largest absolute Gasteiger partial charge is 0.462 e. The van der Waals surface area contributed by atoms with Gasteiger partial charge in [-0.1, -0.05) is 320 Å². The van der Waals surface area contributed by atoms with E-state index in [2.05, 4.69) is 57.2 Å². The van der Waals surface area contributed by atoms with Crippen LogP contribution in [-0.4, -0.2) is 37.2 Å². The van der Waals surface area contributed by atoms with Crippen molar-refractivity contribution in [2.24, 2.45) is 0 Å². The van der Waals surface area contributed by atoms with Gasteiger partial charge >= 0.3 is 17.9 Å². The third-order valence-electron chi connectivity index (χ3n) is 15.6. The average Bonchev–Trinajstić information content (AvgIpc) is 3.43. The molecule has 0 saturated heterocycles. The molecule has 0 radical (unpaired) electrons. The second-order valence-corrected chi connectivity index (χ2v) is 23.4.